The SMILES string of the molecule is CCOc1ccc(-n2c(C)c3c(C)nnc(Nc4ccc(C)c(C)c4)c3c2C)c(OC)c1. The number of aryl methyl sites for hydroxylation is 5. The summed E-state index contributed by atoms with van der Waals surface area (Å²) in [5, 5.41) is 14.6. The van der Waals surface area contributed by atoms with E-state index in [1.807, 2.05) is 32.0 Å². The summed E-state index contributed by atoms with van der Waals surface area (Å²) >= 11 is 0. The number of fused-ring (bicyclic) bond motifs is 1. The van der Waals surface area contributed by atoms with Gasteiger partial charge in [-0.15, -0.1) is 5.10 Å². The number of hydrogen-bond donors (Lipinski definition) is 1. The van der Waals surface area contributed by atoms with Gasteiger partial charge in [0.2, 0.25) is 0 Å². The molecule has 2 heterocycles. The Kier molecular flexibility index (Phi) is 5.78. The highest BCUT2D eigenvalue weighted by Crippen LogP contribution is 2.38. The van der Waals surface area contributed by atoms with Crippen molar-refractivity contribution in [3.05, 3.63) is 64.6 Å². The highest BCUT2D eigenvalue weighted by atomic mass is 16.5. The minimum Gasteiger partial charge on any atom is -0.494 e. The predicted molar refractivity (Wildman–Crippen MR) is 130 cm³/mol. The lowest BCUT2D eigenvalue weighted by molar-refractivity contribution is 0.336. The van der Waals surface area contributed by atoms with E-state index in [1.54, 1.807) is 7.11 Å². The third kappa shape index (κ3) is 3.66. The molecule has 0 aliphatic carbocycles. The molecule has 6 nitrogen and oxygen atoms in total. The number of benzene rings is 2. The first-order chi connectivity index (χ1) is 15.3. The third-order valence-corrected chi connectivity index (χ3v) is 6.02. The second-order valence-electron chi connectivity index (χ2n) is 8.08. The Bertz CT molecular complexity index is 1310. The molecule has 166 valence electrons. The van der Waals surface area contributed by atoms with E-state index in [9.17, 15) is 0 Å². The number of aromatic nitrogens is 3. The fraction of sp³-hybridized carbons (Fsp3) is 0.308. The van der Waals surface area contributed by atoms with Crippen LogP contribution in [0.15, 0.2) is 36.4 Å². The van der Waals surface area contributed by atoms with Crippen LogP contribution in [0.5, 0.6) is 11.5 Å². The molecular formula is C26H30N4O2. The summed E-state index contributed by atoms with van der Waals surface area (Å²) in [5.74, 6) is 2.29. The largest absolute Gasteiger partial charge is 0.494 e. The fourth-order valence-electron chi connectivity index (χ4n) is 4.30. The maximum absolute atomic E-state index is 5.73. The van der Waals surface area contributed by atoms with Gasteiger partial charge in [-0.1, -0.05) is 6.07 Å². The summed E-state index contributed by atoms with van der Waals surface area (Å²) < 4.78 is 13.6. The zero-order valence-corrected chi connectivity index (χ0v) is 19.8. The first-order valence-corrected chi connectivity index (χ1v) is 10.9. The van der Waals surface area contributed by atoms with Gasteiger partial charge in [0.05, 0.1) is 25.1 Å². The fourth-order valence-corrected chi connectivity index (χ4v) is 4.30. The van der Waals surface area contributed by atoms with Crippen molar-refractivity contribution in [1.29, 1.82) is 0 Å². The molecule has 32 heavy (non-hydrogen) atoms. The monoisotopic (exact) mass is 430 g/mol. The molecule has 0 aliphatic heterocycles. The molecule has 0 saturated carbocycles. The molecule has 0 atom stereocenters. The molecule has 0 radical (unpaired) electrons. The van der Waals surface area contributed by atoms with Crippen molar-refractivity contribution in [2.75, 3.05) is 19.0 Å². The second-order valence-corrected chi connectivity index (χ2v) is 8.08. The zero-order chi connectivity index (χ0) is 23.0. The molecular weight excluding hydrogens is 400 g/mol. The number of anilines is 2. The van der Waals surface area contributed by atoms with Gasteiger partial charge in [-0.05, 0) is 76.9 Å². The molecule has 2 aromatic heterocycles. The van der Waals surface area contributed by atoms with E-state index in [1.165, 1.54) is 11.1 Å². The van der Waals surface area contributed by atoms with Crippen LogP contribution in [-0.4, -0.2) is 28.5 Å². The first-order valence-electron chi connectivity index (χ1n) is 10.9. The lowest BCUT2D eigenvalue weighted by Gasteiger charge is -2.15. The van der Waals surface area contributed by atoms with Crippen LogP contribution in [0, 0.1) is 34.6 Å². The van der Waals surface area contributed by atoms with Crippen LogP contribution in [0.3, 0.4) is 0 Å². The van der Waals surface area contributed by atoms with Crippen molar-refractivity contribution in [3.63, 3.8) is 0 Å². The van der Waals surface area contributed by atoms with Crippen molar-refractivity contribution in [1.82, 2.24) is 14.8 Å². The van der Waals surface area contributed by atoms with Crippen molar-refractivity contribution in [3.8, 4) is 17.2 Å². The second kappa shape index (κ2) is 8.54. The van der Waals surface area contributed by atoms with Gasteiger partial charge in [-0.3, -0.25) is 0 Å². The van der Waals surface area contributed by atoms with Gasteiger partial charge in [0, 0.05) is 33.9 Å². The molecule has 2 aromatic carbocycles. The third-order valence-electron chi connectivity index (χ3n) is 6.02. The van der Waals surface area contributed by atoms with Crippen LogP contribution in [0.4, 0.5) is 11.5 Å². The van der Waals surface area contributed by atoms with Crippen LogP contribution in [0.2, 0.25) is 0 Å². The maximum Gasteiger partial charge on any atom is 0.162 e. The topological polar surface area (TPSA) is 61.2 Å². The molecule has 0 unspecified atom stereocenters. The van der Waals surface area contributed by atoms with Crippen molar-refractivity contribution in [2.24, 2.45) is 0 Å². The predicted octanol–water partition coefficient (Wildman–Crippen LogP) is 6.11. The Balaban J connectivity index is 1.90. The van der Waals surface area contributed by atoms with E-state index in [0.29, 0.717) is 6.61 Å². The van der Waals surface area contributed by atoms with Crippen molar-refractivity contribution < 1.29 is 9.47 Å². The summed E-state index contributed by atoms with van der Waals surface area (Å²) in [5.41, 5.74) is 7.51. The molecule has 0 bridgehead atoms. The van der Waals surface area contributed by atoms with Gasteiger partial charge in [0.15, 0.2) is 5.82 Å². The number of rotatable bonds is 6. The maximum atomic E-state index is 5.73. The van der Waals surface area contributed by atoms with Gasteiger partial charge >= 0.3 is 0 Å². The Hall–Kier alpha value is -3.54. The van der Waals surface area contributed by atoms with Gasteiger partial charge in [-0.25, -0.2) is 0 Å². The number of ether oxygens (including phenoxy) is 2. The van der Waals surface area contributed by atoms with E-state index in [4.69, 9.17) is 9.47 Å². The number of nitrogens with zero attached hydrogens (tertiary/aromatic N) is 3. The van der Waals surface area contributed by atoms with E-state index in [2.05, 4.69) is 66.0 Å². The molecule has 0 amide bonds. The zero-order valence-electron chi connectivity index (χ0n) is 19.8. The molecule has 6 heteroatoms. The first kappa shape index (κ1) is 21.7. The van der Waals surface area contributed by atoms with Crippen molar-refractivity contribution >= 4 is 22.3 Å². The highest BCUT2D eigenvalue weighted by molar-refractivity contribution is 5.99. The van der Waals surface area contributed by atoms with Crippen LogP contribution < -0.4 is 14.8 Å². The van der Waals surface area contributed by atoms with Gasteiger partial charge in [-0.2, -0.15) is 5.10 Å². The van der Waals surface area contributed by atoms with E-state index in [0.717, 1.165) is 56.5 Å². The van der Waals surface area contributed by atoms with Crippen LogP contribution in [-0.2, 0) is 0 Å². The molecule has 0 saturated heterocycles. The molecule has 0 aliphatic rings. The molecule has 1 N–H and O–H groups in total. The average molecular weight is 431 g/mol. The minimum atomic E-state index is 0.609. The smallest absolute Gasteiger partial charge is 0.162 e. The summed E-state index contributed by atoms with van der Waals surface area (Å²) in [6.07, 6.45) is 0. The number of nitrogens with one attached hydrogen (secondary N) is 1. The van der Waals surface area contributed by atoms with Gasteiger partial charge < -0.3 is 19.4 Å². The molecule has 4 aromatic rings. The van der Waals surface area contributed by atoms with E-state index in [-0.39, 0.29) is 0 Å². The standard InChI is InChI=1S/C26H30N4O2/c1-8-32-21-11-12-22(23(14-21)31-7)30-18(5)24-17(4)28-29-26(25(24)19(30)6)27-20-10-9-15(2)16(3)13-20/h9-14H,8H2,1-7H3,(H,27,29). The summed E-state index contributed by atoms with van der Waals surface area (Å²) in [6.45, 7) is 13.0. The molecule has 0 spiro atoms. The lowest BCUT2D eigenvalue weighted by atomic mass is 10.1. The van der Waals surface area contributed by atoms with E-state index >= 15 is 0 Å². The van der Waals surface area contributed by atoms with E-state index < -0.39 is 0 Å². The summed E-state index contributed by atoms with van der Waals surface area (Å²) in [6, 6.07) is 12.3. The normalized spacial score (nSPS) is 11.1. The molecule has 4 rings (SSSR count). The molecule has 0 fully saturated rings. The highest BCUT2D eigenvalue weighted by Gasteiger charge is 2.21. The van der Waals surface area contributed by atoms with Crippen LogP contribution in [0.1, 0.15) is 35.1 Å². The van der Waals surface area contributed by atoms with Crippen molar-refractivity contribution in [2.45, 2.75) is 41.5 Å². The Morgan fingerprint density at radius 3 is 2.31 bits per heavy atom. The van der Waals surface area contributed by atoms with Crippen LogP contribution >= 0.6 is 0 Å². The quantitative estimate of drug-likeness (QED) is 0.400. The Labute approximate surface area is 189 Å². The number of hydrogen-bond acceptors (Lipinski definition) is 5. The number of methoxy groups -OCH3 is 1. The summed E-state index contributed by atoms with van der Waals surface area (Å²) in [4.78, 5) is 0. The summed E-state index contributed by atoms with van der Waals surface area (Å²) in [7, 11) is 1.68. The average Bonchev–Trinajstić information content (AvgIpc) is 3.04. The van der Waals surface area contributed by atoms with Gasteiger partial charge in [0.25, 0.3) is 0 Å². The Morgan fingerprint density at radius 2 is 1.62 bits per heavy atom. The van der Waals surface area contributed by atoms with Gasteiger partial charge in [0.1, 0.15) is 11.5 Å². The van der Waals surface area contributed by atoms with Crippen LogP contribution in [0.25, 0.3) is 16.5 Å². The minimum absolute atomic E-state index is 0.609. The Morgan fingerprint density at radius 1 is 0.875 bits per heavy atom. The lowest BCUT2D eigenvalue weighted by Crippen LogP contribution is -2.03.